The molecule has 4 fully saturated rings. The van der Waals surface area contributed by atoms with Gasteiger partial charge in [-0.25, -0.2) is 4.79 Å². The molecule has 0 saturated heterocycles. The third-order valence-electron chi connectivity index (χ3n) is 14.8. The van der Waals surface area contributed by atoms with Crippen LogP contribution in [0.15, 0.2) is 24.3 Å². The Bertz CT molecular complexity index is 1190. The summed E-state index contributed by atoms with van der Waals surface area (Å²) in [5, 5.41) is 0. The second kappa shape index (κ2) is 18.1. The summed E-state index contributed by atoms with van der Waals surface area (Å²) in [6, 6.07) is 7.02. The van der Waals surface area contributed by atoms with Gasteiger partial charge in [0.15, 0.2) is 0 Å². The molecule has 0 N–H and O–H groups in total. The minimum atomic E-state index is -0.396. The molecule has 0 bridgehead atoms. The summed E-state index contributed by atoms with van der Waals surface area (Å²) in [6.45, 7) is 12.8. The van der Waals surface area contributed by atoms with Crippen molar-refractivity contribution in [3.63, 3.8) is 0 Å². The lowest BCUT2D eigenvalue weighted by atomic mass is 9.44. The van der Waals surface area contributed by atoms with Gasteiger partial charge in [-0.2, -0.15) is 0 Å². The monoisotopic (exact) mass is 677 g/mol. The van der Waals surface area contributed by atoms with Crippen LogP contribution in [0.5, 0.6) is 5.75 Å². The second-order valence-electron chi connectivity index (χ2n) is 17.9. The Balaban J connectivity index is 1.01. The Kier molecular flexibility index (Phi) is 14.2. The number of esters is 2. The molecular formula is C45H72O4. The molecule has 1 aromatic carbocycles. The lowest BCUT2D eigenvalue weighted by Crippen LogP contribution is -2.53. The van der Waals surface area contributed by atoms with Gasteiger partial charge in [-0.15, -0.1) is 0 Å². The first-order valence-corrected chi connectivity index (χ1v) is 21.1. The van der Waals surface area contributed by atoms with Crippen molar-refractivity contribution in [2.45, 2.75) is 176 Å². The average molecular weight is 677 g/mol. The largest absolute Gasteiger partial charge is 0.462 e. The van der Waals surface area contributed by atoms with Crippen LogP contribution in [-0.4, -0.2) is 18.5 Å². The van der Waals surface area contributed by atoms with Gasteiger partial charge in [0.05, 0.1) is 6.61 Å². The van der Waals surface area contributed by atoms with E-state index in [4.69, 9.17) is 9.47 Å². The van der Waals surface area contributed by atoms with Crippen molar-refractivity contribution in [1.82, 2.24) is 0 Å². The SMILES string of the molecule is CCCCCCCCCCC(=O)Oc1ccccc1C(=O)OCC(C)CCC[C@@H](C)[C@H]1CC[C@H]2[C@@H]3CCC4CCCC[C@]4(C)[C@H]3CC[C@]12C. The summed E-state index contributed by atoms with van der Waals surface area (Å²) >= 11 is 0. The molecule has 0 aromatic heterocycles. The maximum Gasteiger partial charge on any atom is 0.341 e. The van der Waals surface area contributed by atoms with Crippen molar-refractivity contribution in [2.24, 2.45) is 52.3 Å². The topological polar surface area (TPSA) is 52.6 Å². The van der Waals surface area contributed by atoms with Crippen molar-refractivity contribution >= 4 is 11.9 Å². The van der Waals surface area contributed by atoms with Gasteiger partial charge < -0.3 is 9.47 Å². The number of hydrogen-bond acceptors (Lipinski definition) is 4. The molecule has 276 valence electrons. The molecule has 2 unspecified atom stereocenters. The van der Waals surface area contributed by atoms with Crippen LogP contribution in [0.25, 0.3) is 0 Å². The number of benzene rings is 1. The normalized spacial score (nSPS) is 32.0. The van der Waals surface area contributed by atoms with Crippen LogP contribution in [0, 0.1) is 52.3 Å². The maximum absolute atomic E-state index is 13.1. The zero-order valence-electron chi connectivity index (χ0n) is 32.2. The fraction of sp³-hybridized carbons (Fsp3) is 0.822. The summed E-state index contributed by atoms with van der Waals surface area (Å²) in [5.41, 5.74) is 1.51. The summed E-state index contributed by atoms with van der Waals surface area (Å²) < 4.78 is 11.4. The van der Waals surface area contributed by atoms with E-state index in [1.807, 2.05) is 0 Å². The van der Waals surface area contributed by atoms with Gasteiger partial charge in [0.2, 0.25) is 0 Å². The van der Waals surface area contributed by atoms with E-state index in [0.29, 0.717) is 41.1 Å². The van der Waals surface area contributed by atoms with Gasteiger partial charge in [0, 0.05) is 6.42 Å². The van der Waals surface area contributed by atoms with Crippen LogP contribution in [0.3, 0.4) is 0 Å². The van der Waals surface area contributed by atoms with E-state index in [-0.39, 0.29) is 5.97 Å². The van der Waals surface area contributed by atoms with E-state index in [1.54, 1.807) is 24.3 Å². The van der Waals surface area contributed by atoms with Gasteiger partial charge in [-0.3, -0.25) is 4.79 Å². The molecule has 1 aromatic rings. The first-order chi connectivity index (χ1) is 23.7. The number of unbranched alkanes of at least 4 members (excludes halogenated alkanes) is 7. The van der Waals surface area contributed by atoms with E-state index < -0.39 is 5.97 Å². The number of carbonyl (C=O) groups excluding carboxylic acids is 2. The molecule has 0 aliphatic heterocycles. The quantitative estimate of drug-likeness (QED) is 0.0882. The van der Waals surface area contributed by atoms with Gasteiger partial charge in [-0.05, 0) is 129 Å². The van der Waals surface area contributed by atoms with E-state index in [0.717, 1.165) is 61.2 Å². The minimum Gasteiger partial charge on any atom is -0.462 e. The third-order valence-corrected chi connectivity index (χ3v) is 14.8. The molecule has 4 heteroatoms. The Morgan fingerprint density at radius 2 is 1.51 bits per heavy atom. The lowest BCUT2D eigenvalue weighted by molar-refractivity contribution is -0.134. The van der Waals surface area contributed by atoms with E-state index in [2.05, 4.69) is 34.6 Å². The van der Waals surface area contributed by atoms with E-state index in [9.17, 15) is 9.59 Å². The van der Waals surface area contributed by atoms with Crippen LogP contribution >= 0.6 is 0 Å². The molecule has 0 radical (unpaired) electrons. The Morgan fingerprint density at radius 3 is 2.31 bits per heavy atom. The first kappa shape index (κ1) is 38.4. The molecule has 0 heterocycles. The zero-order chi connectivity index (χ0) is 34.9. The summed E-state index contributed by atoms with van der Waals surface area (Å²) in [4.78, 5) is 25.6. The van der Waals surface area contributed by atoms with Crippen molar-refractivity contribution in [2.75, 3.05) is 6.61 Å². The standard InChI is InChI=1S/C45H72O4/c1-6-7-8-9-10-11-12-13-24-42(46)49-41-23-15-14-22-37(41)43(47)48-32-33(2)19-18-20-34(3)38-27-28-39-36-26-25-35-21-16-17-30-44(35,4)40(36)29-31-45(38,39)5/h14-15,22-23,33-36,38-40H,6-13,16-21,24-32H2,1-5H3/t33?,34-,35?,36+,38-,39+,40+,44+,45-/m1/s1. The highest BCUT2D eigenvalue weighted by Gasteiger charge is 2.60. The number of rotatable bonds is 18. The smallest absolute Gasteiger partial charge is 0.341 e. The highest BCUT2D eigenvalue weighted by molar-refractivity contribution is 5.93. The summed E-state index contributed by atoms with van der Waals surface area (Å²) in [7, 11) is 0. The van der Waals surface area contributed by atoms with Crippen LogP contribution in [-0.2, 0) is 9.53 Å². The molecule has 0 spiro atoms. The van der Waals surface area contributed by atoms with Crippen molar-refractivity contribution in [3.05, 3.63) is 29.8 Å². The number of fused-ring (bicyclic) bond motifs is 5. The first-order valence-electron chi connectivity index (χ1n) is 21.1. The van der Waals surface area contributed by atoms with Crippen LogP contribution in [0.2, 0.25) is 0 Å². The Hall–Kier alpha value is -1.84. The fourth-order valence-electron chi connectivity index (χ4n) is 11.9. The van der Waals surface area contributed by atoms with Crippen molar-refractivity contribution in [3.8, 4) is 5.75 Å². The van der Waals surface area contributed by atoms with Gasteiger partial charge >= 0.3 is 11.9 Å². The maximum atomic E-state index is 13.1. The predicted octanol–water partition coefficient (Wildman–Crippen LogP) is 12.8. The molecule has 49 heavy (non-hydrogen) atoms. The number of para-hydroxylation sites is 1. The van der Waals surface area contributed by atoms with Crippen LogP contribution < -0.4 is 4.74 Å². The van der Waals surface area contributed by atoms with Crippen LogP contribution in [0.1, 0.15) is 186 Å². The molecule has 5 rings (SSSR count). The number of carbonyl (C=O) groups is 2. The molecule has 0 amide bonds. The van der Waals surface area contributed by atoms with Gasteiger partial charge in [0.25, 0.3) is 0 Å². The molecule has 4 nitrogen and oxygen atoms in total. The molecule has 4 saturated carbocycles. The summed E-state index contributed by atoms with van der Waals surface area (Å²) in [6.07, 6.45) is 28.2. The molecule has 4 aliphatic carbocycles. The van der Waals surface area contributed by atoms with Crippen molar-refractivity contribution in [1.29, 1.82) is 0 Å². The highest BCUT2D eigenvalue weighted by atomic mass is 16.5. The minimum absolute atomic E-state index is 0.268. The Morgan fingerprint density at radius 1 is 0.776 bits per heavy atom. The van der Waals surface area contributed by atoms with Crippen molar-refractivity contribution < 1.29 is 19.1 Å². The fourth-order valence-corrected chi connectivity index (χ4v) is 11.9. The number of ether oxygens (including phenoxy) is 2. The zero-order valence-corrected chi connectivity index (χ0v) is 32.2. The second-order valence-corrected chi connectivity index (χ2v) is 17.9. The average Bonchev–Trinajstić information content (AvgIpc) is 3.45. The van der Waals surface area contributed by atoms with E-state index in [1.165, 1.54) is 109 Å². The van der Waals surface area contributed by atoms with Crippen LogP contribution in [0.4, 0.5) is 0 Å². The lowest BCUT2D eigenvalue weighted by Gasteiger charge is -2.61. The van der Waals surface area contributed by atoms with Gasteiger partial charge in [0.1, 0.15) is 11.3 Å². The predicted molar refractivity (Wildman–Crippen MR) is 202 cm³/mol. The molecule has 4 aliphatic rings. The molecule has 9 atom stereocenters. The third kappa shape index (κ3) is 9.34. The highest BCUT2D eigenvalue weighted by Crippen LogP contribution is 2.68. The summed E-state index contributed by atoms with van der Waals surface area (Å²) in [5.74, 6) is 5.50. The Labute approximate surface area is 300 Å². The molecular weight excluding hydrogens is 604 g/mol. The van der Waals surface area contributed by atoms with Gasteiger partial charge in [-0.1, -0.05) is 117 Å². The van der Waals surface area contributed by atoms with E-state index >= 15 is 0 Å². The number of hydrogen-bond donors (Lipinski definition) is 0.